The molecule has 2 aromatic rings. The number of benzene rings is 1. The van der Waals surface area contributed by atoms with E-state index in [-0.39, 0.29) is 17.2 Å². The van der Waals surface area contributed by atoms with Crippen molar-refractivity contribution in [2.24, 2.45) is 0 Å². The number of amides is 1. The highest BCUT2D eigenvalue weighted by atomic mass is 35.5. The van der Waals surface area contributed by atoms with Crippen molar-refractivity contribution in [3.63, 3.8) is 0 Å². The fourth-order valence-corrected chi connectivity index (χ4v) is 3.55. The molecule has 1 aliphatic carbocycles. The Kier molecular flexibility index (Phi) is 5.26. The van der Waals surface area contributed by atoms with E-state index in [1.807, 2.05) is 13.0 Å². The highest BCUT2D eigenvalue weighted by molar-refractivity contribution is 7.99. The van der Waals surface area contributed by atoms with Crippen LogP contribution in [0, 0.1) is 6.92 Å². The van der Waals surface area contributed by atoms with Gasteiger partial charge in [-0.15, -0.1) is 0 Å². The molecule has 3 rings (SSSR count). The molecule has 0 spiro atoms. The third-order valence-corrected chi connectivity index (χ3v) is 5.09. The van der Waals surface area contributed by atoms with E-state index in [2.05, 4.69) is 15.3 Å². The first-order valence-corrected chi connectivity index (χ1v) is 9.20. The van der Waals surface area contributed by atoms with Crippen LogP contribution in [-0.4, -0.2) is 21.6 Å². The summed E-state index contributed by atoms with van der Waals surface area (Å²) < 4.78 is 0. The van der Waals surface area contributed by atoms with E-state index in [1.54, 1.807) is 12.1 Å². The first-order valence-electron chi connectivity index (χ1n) is 7.84. The maximum Gasteiger partial charge on any atom is 0.254 e. The molecule has 0 aliphatic heterocycles. The van der Waals surface area contributed by atoms with Crippen molar-refractivity contribution in [3.05, 3.63) is 50.4 Å². The van der Waals surface area contributed by atoms with Gasteiger partial charge in [0.15, 0.2) is 5.16 Å². The molecule has 1 heterocycles. The summed E-state index contributed by atoms with van der Waals surface area (Å²) in [5, 5.41) is 3.91. The number of rotatable bonds is 4. The Hall–Kier alpha value is -1.79. The lowest BCUT2D eigenvalue weighted by atomic mass is 9.97. The number of anilines is 1. The lowest BCUT2D eigenvalue weighted by Gasteiger charge is -2.14. The summed E-state index contributed by atoms with van der Waals surface area (Å²) in [7, 11) is 0. The number of H-pyrrole nitrogens is 1. The number of carbonyl (C=O) groups excluding carboxylic acids is 1. The summed E-state index contributed by atoms with van der Waals surface area (Å²) in [6.07, 6.45) is 3.71. The molecule has 0 saturated carbocycles. The fraction of sp³-hybridized carbons (Fsp3) is 0.353. The molecule has 2 N–H and O–H groups in total. The normalized spacial score (nSPS) is 13.4. The predicted octanol–water partition coefficient (Wildman–Crippen LogP) is 3.34. The second kappa shape index (κ2) is 7.40. The van der Waals surface area contributed by atoms with Gasteiger partial charge in [-0.1, -0.05) is 29.4 Å². The first-order chi connectivity index (χ1) is 11.5. The van der Waals surface area contributed by atoms with E-state index in [9.17, 15) is 9.59 Å². The molecule has 5 nitrogen and oxygen atoms in total. The number of hydrogen-bond donors (Lipinski definition) is 2. The number of nitrogens with one attached hydrogen (secondary N) is 2. The second-order valence-electron chi connectivity index (χ2n) is 5.80. The third-order valence-electron chi connectivity index (χ3n) is 3.98. The highest BCUT2D eigenvalue weighted by Gasteiger charge is 2.16. The molecule has 0 unspecified atom stereocenters. The van der Waals surface area contributed by atoms with Crippen LogP contribution in [0.2, 0.25) is 5.02 Å². The van der Waals surface area contributed by atoms with Crippen LogP contribution in [0.1, 0.15) is 29.7 Å². The molecule has 0 radical (unpaired) electrons. The van der Waals surface area contributed by atoms with Crippen LogP contribution in [0.15, 0.2) is 28.2 Å². The summed E-state index contributed by atoms with van der Waals surface area (Å²) in [6.45, 7) is 1.90. The minimum atomic E-state index is -0.161. The Morgan fingerprint density at radius 1 is 1.38 bits per heavy atom. The number of aromatic nitrogens is 2. The molecule has 0 saturated heterocycles. The molecule has 1 amide bonds. The molecule has 0 atom stereocenters. The van der Waals surface area contributed by atoms with Gasteiger partial charge in [-0.25, -0.2) is 4.98 Å². The largest absolute Gasteiger partial charge is 0.325 e. The molecule has 1 aromatic carbocycles. The maximum absolute atomic E-state index is 12.1. The number of carbonyl (C=O) groups is 1. The molecule has 126 valence electrons. The number of thioether (sulfide) groups is 1. The van der Waals surface area contributed by atoms with Crippen LogP contribution in [0.4, 0.5) is 5.69 Å². The Balaban J connectivity index is 1.65. The summed E-state index contributed by atoms with van der Waals surface area (Å²) in [6, 6.07) is 5.36. The zero-order valence-electron chi connectivity index (χ0n) is 13.3. The van der Waals surface area contributed by atoms with E-state index in [1.165, 1.54) is 11.8 Å². The van der Waals surface area contributed by atoms with Crippen molar-refractivity contribution in [3.8, 4) is 0 Å². The molecule has 24 heavy (non-hydrogen) atoms. The number of nitrogens with zero attached hydrogens (tertiary/aromatic N) is 1. The average Bonchev–Trinajstić information content (AvgIpc) is 2.56. The summed E-state index contributed by atoms with van der Waals surface area (Å²) in [4.78, 5) is 31.5. The van der Waals surface area contributed by atoms with Gasteiger partial charge >= 0.3 is 0 Å². The molecule has 0 bridgehead atoms. The van der Waals surface area contributed by atoms with E-state index in [4.69, 9.17) is 11.6 Å². The number of aromatic amines is 1. The molecular formula is C17H18ClN3O2S. The SMILES string of the molecule is Cc1ccc(Cl)cc1NC(=O)CSc1nc2c(c(=O)[nH]1)CCCC2. The van der Waals surface area contributed by atoms with Crippen LogP contribution < -0.4 is 10.9 Å². The third kappa shape index (κ3) is 3.99. The van der Waals surface area contributed by atoms with Gasteiger partial charge in [0.05, 0.1) is 11.4 Å². The molecule has 1 aliphatic rings. The highest BCUT2D eigenvalue weighted by Crippen LogP contribution is 2.22. The van der Waals surface area contributed by atoms with E-state index in [0.29, 0.717) is 15.9 Å². The Morgan fingerprint density at radius 2 is 2.17 bits per heavy atom. The van der Waals surface area contributed by atoms with Crippen LogP contribution in [0.5, 0.6) is 0 Å². The molecule has 7 heteroatoms. The zero-order chi connectivity index (χ0) is 17.1. The molecule has 0 fully saturated rings. The minimum absolute atomic E-state index is 0.0757. The van der Waals surface area contributed by atoms with Gasteiger partial charge in [0.1, 0.15) is 0 Å². The van der Waals surface area contributed by atoms with Gasteiger partial charge in [-0.05, 0) is 50.3 Å². The molecular weight excluding hydrogens is 346 g/mol. The minimum Gasteiger partial charge on any atom is -0.325 e. The second-order valence-corrected chi connectivity index (χ2v) is 7.20. The van der Waals surface area contributed by atoms with E-state index < -0.39 is 0 Å². The van der Waals surface area contributed by atoms with E-state index >= 15 is 0 Å². The lowest BCUT2D eigenvalue weighted by molar-refractivity contribution is -0.113. The fourth-order valence-electron chi connectivity index (χ4n) is 2.70. The zero-order valence-corrected chi connectivity index (χ0v) is 14.9. The van der Waals surface area contributed by atoms with Crippen LogP contribution in [0.3, 0.4) is 0 Å². The summed E-state index contributed by atoms with van der Waals surface area (Å²) in [5.74, 6) is 0.0129. The Morgan fingerprint density at radius 3 is 3.00 bits per heavy atom. The number of fused-ring (bicyclic) bond motifs is 1. The Bertz CT molecular complexity index is 835. The van der Waals surface area contributed by atoms with Gasteiger partial charge < -0.3 is 10.3 Å². The van der Waals surface area contributed by atoms with Gasteiger partial charge in [-0.3, -0.25) is 9.59 Å². The predicted molar refractivity (Wildman–Crippen MR) is 97.0 cm³/mol. The Labute approximate surface area is 149 Å². The van der Waals surface area contributed by atoms with Crippen molar-refractivity contribution in [2.75, 3.05) is 11.1 Å². The van der Waals surface area contributed by atoms with Crippen molar-refractivity contribution >= 4 is 35.0 Å². The molecule has 1 aromatic heterocycles. The first kappa shape index (κ1) is 17.0. The quantitative estimate of drug-likeness (QED) is 0.645. The number of hydrogen-bond acceptors (Lipinski definition) is 4. The van der Waals surface area contributed by atoms with Crippen molar-refractivity contribution in [1.82, 2.24) is 9.97 Å². The lowest BCUT2D eigenvalue weighted by Crippen LogP contribution is -2.22. The van der Waals surface area contributed by atoms with Crippen molar-refractivity contribution in [2.45, 2.75) is 37.8 Å². The van der Waals surface area contributed by atoms with Crippen LogP contribution in [-0.2, 0) is 17.6 Å². The van der Waals surface area contributed by atoms with Gasteiger partial charge in [0.25, 0.3) is 5.56 Å². The number of halogens is 1. The monoisotopic (exact) mass is 363 g/mol. The van der Waals surface area contributed by atoms with Crippen LogP contribution in [0.25, 0.3) is 0 Å². The summed E-state index contributed by atoms with van der Waals surface area (Å²) >= 11 is 7.18. The average molecular weight is 364 g/mol. The summed E-state index contributed by atoms with van der Waals surface area (Å²) in [5.41, 5.74) is 3.23. The van der Waals surface area contributed by atoms with Crippen molar-refractivity contribution < 1.29 is 4.79 Å². The maximum atomic E-state index is 12.1. The van der Waals surface area contributed by atoms with Crippen LogP contribution >= 0.6 is 23.4 Å². The van der Waals surface area contributed by atoms with Gasteiger partial charge in [0.2, 0.25) is 5.91 Å². The smallest absolute Gasteiger partial charge is 0.254 e. The van der Waals surface area contributed by atoms with Gasteiger partial charge in [0, 0.05) is 16.3 Å². The number of aryl methyl sites for hydroxylation is 2. The van der Waals surface area contributed by atoms with E-state index in [0.717, 1.165) is 42.5 Å². The van der Waals surface area contributed by atoms with Crippen molar-refractivity contribution in [1.29, 1.82) is 0 Å². The topological polar surface area (TPSA) is 74.8 Å². The van der Waals surface area contributed by atoms with Gasteiger partial charge in [-0.2, -0.15) is 0 Å². The standard InChI is InChI=1S/C17H18ClN3O2S/c1-10-6-7-11(18)8-14(10)19-15(22)9-24-17-20-13-5-3-2-4-12(13)16(23)21-17/h6-8H,2-5,9H2,1H3,(H,19,22)(H,20,21,23).